The van der Waals surface area contributed by atoms with Crippen LogP contribution < -0.4 is 5.32 Å². The lowest BCUT2D eigenvalue weighted by atomic mass is 10.0. The molecule has 0 saturated carbocycles. The van der Waals surface area contributed by atoms with E-state index in [1.54, 1.807) is 0 Å². The van der Waals surface area contributed by atoms with Crippen LogP contribution in [0.1, 0.15) is 49.0 Å². The zero-order valence-electron chi connectivity index (χ0n) is 17.2. The third-order valence-electron chi connectivity index (χ3n) is 5.42. The minimum absolute atomic E-state index is 0.127. The van der Waals surface area contributed by atoms with Gasteiger partial charge in [0.2, 0.25) is 0 Å². The van der Waals surface area contributed by atoms with Crippen LogP contribution in [0.3, 0.4) is 0 Å². The highest BCUT2D eigenvalue weighted by molar-refractivity contribution is 5.94. The Bertz CT molecular complexity index is 729. The van der Waals surface area contributed by atoms with Crippen molar-refractivity contribution in [1.29, 1.82) is 0 Å². The Kier molecular flexibility index (Phi) is 7.49. The molecule has 1 unspecified atom stereocenters. The average molecular weight is 380 g/mol. The third kappa shape index (κ3) is 5.59. The normalized spacial score (nSPS) is 17.3. The van der Waals surface area contributed by atoms with E-state index in [1.165, 1.54) is 18.4 Å². The molecule has 1 heterocycles. The molecule has 4 nitrogen and oxygen atoms in total. The molecule has 0 aromatic heterocycles. The van der Waals surface area contributed by atoms with Gasteiger partial charge in [-0.25, -0.2) is 0 Å². The fraction of sp³-hybridized carbons (Fsp3) is 0.458. The van der Waals surface area contributed by atoms with E-state index < -0.39 is 0 Å². The van der Waals surface area contributed by atoms with Gasteiger partial charge in [0, 0.05) is 43.5 Å². The van der Waals surface area contributed by atoms with Gasteiger partial charge >= 0.3 is 0 Å². The minimum Gasteiger partial charge on any atom is -0.381 e. The second-order valence-electron chi connectivity index (χ2n) is 7.67. The van der Waals surface area contributed by atoms with Crippen LogP contribution in [0.5, 0.6) is 0 Å². The van der Waals surface area contributed by atoms with Crippen LogP contribution in [0.4, 0.5) is 5.69 Å². The van der Waals surface area contributed by atoms with Crippen LogP contribution >= 0.6 is 0 Å². The van der Waals surface area contributed by atoms with Crippen molar-refractivity contribution in [3.63, 3.8) is 0 Å². The molecular weight excluding hydrogens is 346 g/mol. The van der Waals surface area contributed by atoms with Crippen LogP contribution in [-0.2, 0) is 6.54 Å². The highest BCUT2D eigenvalue weighted by atomic mass is 16.2. The predicted molar refractivity (Wildman–Crippen MR) is 117 cm³/mol. The molecule has 1 N–H and O–H groups in total. The summed E-state index contributed by atoms with van der Waals surface area (Å²) in [5.41, 5.74) is 3.25. The number of piperidine rings is 1. The molecule has 150 valence electrons. The number of amides is 1. The number of carbonyl (C=O) groups is 1. The summed E-state index contributed by atoms with van der Waals surface area (Å²) >= 11 is 0. The molecule has 1 aliphatic rings. The Morgan fingerprint density at radius 1 is 1.11 bits per heavy atom. The van der Waals surface area contributed by atoms with Gasteiger partial charge in [-0.05, 0) is 62.6 Å². The van der Waals surface area contributed by atoms with Crippen LogP contribution in [0.2, 0.25) is 0 Å². The number of rotatable bonds is 8. The third-order valence-corrected chi connectivity index (χ3v) is 5.42. The van der Waals surface area contributed by atoms with Gasteiger partial charge in [-0.15, -0.1) is 0 Å². The second-order valence-corrected chi connectivity index (χ2v) is 7.67. The molecule has 28 heavy (non-hydrogen) atoms. The zero-order valence-corrected chi connectivity index (χ0v) is 17.2. The number of nitrogens with one attached hydrogen (secondary N) is 1. The summed E-state index contributed by atoms with van der Waals surface area (Å²) in [6.45, 7) is 8.93. The maximum absolute atomic E-state index is 12.6. The summed E-state index contributed by atoms with van der Waals surface area (Å²) in [7, 11) is 0. The number of carbonyl (C=O) groups excluding carboxylic acids is 1. The van der Waals surface area contributed by atoms with Crippen LogP contribution in [0.15, 0.2) is 54.6 Å². The number of hydrogen-bond acceptors (Lipinski definition) is 3. The van der Waals surface area contributed by atoms with Crippen LogP contribution in [0, 0.1) is 0 Å². The Labute approximate surface area is 169 Å². The van der Waals surface area contributed by atoms with E-state index in [9.17, 15) is 4.79 Å². The molecule has 2 aromatic rings. The van der Waals surface area contributed by atoms with Crippen LogP contribution in [0.25, 0.3) is 0 Å². The summed E-state index contributed by atoms with van der Waals surface area (Å²) < 4.78 is 0. The van der Waals surface area contributed by atoms with E-state index in [1.807, 2.05) is 36.1 Å². The lowest BCUT2D eigenvalue weighted by Gasteiger charge is -2.33. The molecular formula is C24H33N3O. The number of nitrogens with zero attached hydrogens (tertiary/aromatic N) is 2. The lowest BCUT2D eigenvalue weighted by Crippen LogP contribution is -2.41. The Balaban J connectivity index is 1.55. The smallest absolute Gasteiger partial charge is 0.253 e. The molecule has 0 radical (unpaired) electrons. The van der Waals surface area contributed by atoms with Crippen molar-refractivity contribution < 1.29 is 4.79 Å². The Morgan fingerprint density at radius 3 is 2.54 bits per heavy atom. The number of benzene rings is 2. The van der Waals surface area contributed by atoms with Crippen molar-refractivity contribution in [3.8, 4) is 0 Å². The molecule has 0 spiro atoms. The number of anilines is 1. The van der Waals surface area contributed by atoms with Gasteiger partial charge in [0.15, 0.2) is 0 Å². The Morgan fingerprint density at radius 2 is 1.86 bits per heavy atom. The molecule has 0 bridgehead atoms. The van der Waals surface area contributed by atoms with E-state index >= 15 is 0 Å². The fourth-order valence-electron chi connectivity index (χ4n) is 3.96. The molecule has 1 atom stereocenters. The van der Waals surface area contributed by atoms with Crippen molar-refractivity contribution in [1.82, 2.24) is 9.80 Å². The predicted octanol–water partition coefficient (Wildman–Crippen LogP) is 4.64. The first-order valence-electron chi connectivity index (χ1n) is 10.6. The lowest BCUT2D eigenvalue weighted by molar-refractivity contribution is 0.0764. The maximum atomic E-state index is 12.6. The van der Waals surface area contributed by atoms with Gasteiger partial charge in [-0.1, -0.05) is 37.3 Å². The first kappa shape index (κ1) is 20.4. The standard InChI is InChI=1S/C24H33N3O/c1-3-16-27(4-2)24(28)21-12-14-22(15-13-21)25-23-11-8-17-26(19-23)18-20-9-6-5-7-10-20/h5-7,9-10,12-15,23,25H,3-4,8,11,16-19H2,1-2H3. The van der Waals surface area contributed by atoms with E-state index in [-0.39, 0.29) is 5.91 Å². The van der Waals surface area contributed by atoms with Gasteiger partial charge < -0.3 is 10.2 Å². The number of hydrogen-bond donors (Lipinski definition) is 1. The summed E-state index contributed by atoms with van der Waals surface area (Å²) in [6, 6.07) is 19.1. The zero-order chi connectivity index (χ0) is 19.8. The quantitative estimate of drug-likeness (QED) is 0.726. The summed E-state index contributed by atoms with van der Waals surface area (Å²) in [4.78, 5) is 17.0. The van der Waals surface area contributed by atoms with E-state index in [0.717, 1.165) is 50.4 Å². The molecule has 1 fully saturated rings. The van der Waals surface area contributed by atoms with Crippen LogP contribution in [-0.4, -0.2) is 47.9 Å². The van der Waals surface area contributed by atoms with Gasteiger partial charge in [0.1, 0.15) is 0 Å². The molecule has 2 aromatic carbocycles. The molecule has 3 rings (SSSR count). The van der Waals surface area contributed by atoms with Crippen molar-refractivity contribution in [2.75, 3.05) is 31.5 Å². The summed E-state index contributed by atoms with van der Waals surface area (Å²) in [5, 5.41) is 3.66. The van der Waals surface area contributed by atoms with Crippen molar-refractivity contribution in [3.05, 3.63) is 65.7 Å². The van der Waals surface area contributed by atoms with Crippen molar-refractivity contribution in [2.24, 2.45) is 0 Å². The van der Waals surface area contributed by atoms with Gasteiger partial charge in [-0.2, -0.15) is 0 Å². The van der Waals surface area contributed by atoms with Gasteiger partial charge in [-0.3, -0.25) is 9.69 Å². The summed E-state index contributed by atoms with van der Waals surface area (Å²) in [6.07, 6.45) is 3.38. The largest absolute Gasteiger partial charge is 0.381 e. The van der Waals surface area contributed by atoms with E-state index in [2.05, 4.69) is 47.5 Å². The SMILES string of the molecule is CCCN(CC)C(=O)c1ccc(NC2CCCN(Cc3ccccc3)C2)cc1. The molecule has 1 amide bonds. The summed E-state index contributed by atoms with van der Waals surface area (Å²) in [5.74, 6) is 0.127. The first-order valence-corrected chi connectivity index (χ1v) is 10.6. The topological polar surface area (TPSA) is 35.6 Å². The van der Waals surface area contributed by atoms with E-state index in [0.29, 0.717) is 6.04 Å². The van der Waals surface area contributed by atoms with Crippen molar-refractivity contribution in [2.45, 2.75) is 45.7 Å². The fourth-order valence-corrected chi connectivity index (χ4v) is 3.96. The molecule has 4 heteroatoms. The molecule has 0 aliphatic carbocycles. The maximum Gasteiger partial charge on any atom is 0.253 e. The highest BCUT2D eigenvalue weighted by Crippen LogP contribution is 2.19. The number of likely N-dealkylation sites (tertiary alicyclic amines) is 1. The average Bonchev–Trinajstić information content (AvgIpc) is 2.73. The first-order chi connectivity index (χ1) is 13.7. The molecule has 1 aliphatic heterocycles. The van der Waals surface area contributed by atoms with Gasteiger partial charge in [0.05, 0.1) is 0 Å². The van der Waals surface area contributed by atoms with Gasteiger partial charge in [0.25, 0.3) is 5.91 Å². The monoisotopic (exact) mass is 379 g/mol. The second kappa shape index (κ2) is 10.3. The van der Waals surface area contributed by atoms with Crippen molar-refractivity contribution >= 4 is 11.6 Å². The highest BCUT2D eigenvalue weighted by Gasteiger charge is 2.20. The van der Waals surface area contributed by atoms with E-state index in [4.69, 9.17) is 0 Å². The molecule has 1 saturated heterocycles. The Hall–Kier alpha value is -2.33. The minimum atomic E-state index is 0.127.